The monoisotopic (exact) mass is 440 g/mol. The number of nitrogens with zero attached hydrogens (tertiary/aromatic N) is 1. The highest BCUT2D eigenvalue weighted by Crippen LogP contribution is 2.47. The summed E-state index contributed by atoms with van der Waals surface area (Å²) in [6, 6.07) is 7.87. The fourth-order valence-corrected chi connectivity index (χ4v) is 5.17. The van der Waals surface area contributed by atoms with Gasteiger partial charge in [0.05, 0.1) is 17.6 Å². The fourth-order valence-electron chi connectivity index (χ4n) is 4.34. The number of nitrogens with one attached hydrogen (secondary N) is 1. The lowest BCUT2D eigenvalue weighted by molar-refractivity contribution is -0.385. The third-order valence-corrected chi connectivity index (χ3v) is 6.74. The maximum atomic E-state index is 13.3. The molecule has 2 aromatic rings. The zero-order valence-electron chi connectivity index (χ0n) is 16.9. The molecule has 0 spiro atoms. The number of rotatable bonds is 4. The van der Waals surface area contributed by atoms with Crippen molar-refractivity contribution >= 4 is 28.8 Å². The van der Waals surface area contributed by atoms with Crippen LogP contribution in [0.3, 0.4) is 0 Å². The van der Waals surface area contributed by atoms with Crippen LogP contribution in [0.2, 0.25) is 0 Å². The maximum absolute atomic E-state index is 13.3. The molecule has 2 aliphatic rings. The van der Waals surface area contributed by atoms with Crippen LogP contribution < -0.4 is 5.32 Å². The number of nitro groups is 1. The number of carbonyl (C=O) groups is 2. The van der Waals surface area contributed by atoms with Crippen molar-refractivity contribution in [3.63, 3.8) is 0 Å². The van der Waals surface area contributed by atoms with E-state index in [1.165, 1.54) is 25.3 Å². The SMILES string of the molecule is COC(=O)C1=C(C)NC2=C(C(=O)C[C@H](c3cccs3)C2)[C@@H]1c1ccc(O)c([N+](=O)[O-])c1. The van der Waals surface area contributed by atoms with Gasteiger partial charge in [-0.1, -0.05) is 12.1 Å². The van der Waals surface area contributed by atoms with E-state index < -0.39 is 28.2 Å². The molecule has 160 valence electrons. The van der Waals surface area contributed by atoms with E-state index in [9.17, 15) is 24.8 Å². The van der Waals surface area contributed by atoms with Crippen LogP contribution in [-0.4, -0.2) is 28.9 Å². The molecule has 31 heavy (non-hydrogen) atoms. The van der Waals surface area contributed by atoms with Crippen molar-refractivity contribution in [2.24, 2.45) is 0 Å². The van der Waals surface area contributed by atoms with E-state index >= 15 is 0 Å². The third kappa shape index (κ3) is 3.61. The number of carbonyl (C=O) groups excluding carboxylic acids is 2. The first-order chi connectivity index (χ1) is 14.8. The molecule has 9 heteroatoms. The molecule has 0 unspecified atom stereocenters. The van der Waals surface area contributed by atoms with Crippen LogP contribution in [0.4, 0.5) is 5.69 Å². The van der Waals surface area contributed by atoms with E-state index in [2.05, 4.69) is 5.32 Å². The van der Waals surface area contributed by atoms with Gasteiger partial charge in [0, 0.05) is 46.2 Å². The molecule has 1 aromatic heterocycles. The molecule has 2 atom stereocenters. The molecule has 1 aliphatic carbocycles. The van der Waals surface area contributed by atoms with E-state index in [0.717, 1.165) is 4.88 Å². The molecule has 0 amide bonds. The Labute approximate surface area is 182 Å². The summed E-state index contributed by atoms with van der Waals surface area (Å²) in [5, 5.41) is 26.4. The van der Waals surface area contributed by atoms with Gasteiger partial charge < -0.3 is 15.2 Å². The molecule has 0 radical (unpaired) electrons. The Morgan fingerprint density at radius 2 is 2.10 bits per heavy atom. The lowest BCUT2D eigenvalue weighted by atomic mass is 9.72. The van der Waals surface area contributed by atoms with Gasteiger partial charge in [-0.05, 0) is 36.4 Å². The highest BCUT2D eigenvalue weighted by molar-refractivity contribution is 7.10. The number of Topliss-reactive ketones (excluding diaryl/α,β-unsaturated/α-hetero) is 1. The number of phenolic OH excluding ortho intramolecular Hbond substituents is 1. The number of esters is 1. The van der Waals surface area contributed by atoms with Gasteiger partial charge >= 0.3 is 11.7 Å². The van der Waals surface area contributed by atoms with Crippen LogP contribution in [0.1, 0.15) is 42.0 Å². The average molecular weight is 440 g/mol. The molecular weight excluding hydrogens is 420 g/mol. The first kappa shape index (κ1) is 20.8. The normalized spacial score (nSPS) is 20.9. The second-order valence-electron chi connectivity index (χ2n) is 7.53. The Hall–Kier alpha value is -3.46. The van der Waals surface area contributed by atoms with Crippen LogP contribution in [0.5, 0.6) is 5.75 Å². The number of dihydropyridines is 1. The van der Waals surface area contributed by atoms with Crippen LogP contribution in [-0.2, 0) is 14.3 Å². The number of methoxy groups -OCH3 is 1. The summed E-state index contributed by atoms with van der Waals surface area (Å²) in [5.41, 5.74) is 1.77. The van der Waals surface area contributed by atoms with E-state index in [1.54, 1.807) is 18.3 Å². The van der Waals surface area contributed by atoms with Crippen molar-refractivity contribution in [1.29, 1.82) is 0 Å². The second kappa shape index (κ2) is 7.99. The van der Waals surface area contributed by atoms with E-state index in [-0.39, 0.29) is 23.7 Å². The van der Waals surface area contributed by atoms with Gasteiger partial charge in [-0.3, -0.25) is 14.9 Å². The molecule has 8 nitrogen and oxygen atoms in total. The number of allylic oxidation sites excluding steroid dienone is 3. The maximum Gasteiger partial charge on any atom is 0.336 e. The molecule has 0 saturated carbocycles. The standard InChI is InChI=1S/C22H20N2O6S/c1-11-19(22(27)30-2)20(12-5-6-16(25)15(9-12)24(28)29)21-14(23-11)8-13(10-17(21)26)18-4-3-7-31-18/h3-7,9,13,20,23,25H,8,10H2,1-2H3/t13-,20-/m1/s1. The zero-order valence-corrected chi connectivity index (χ0v) is 17.7. The largest absolute Gasteiger partial charge is 0.502 e. The fraction of sp³-hybridized carbons (Fsp3) is 0.273. The Balaban J connectivity index is 1.87. The molecule has 0 fully saturated rings. The van der Waals surface area contributed by atoms with E-state index in [4.69, 9.17) is 4.74 Å². The Kier molecular flexibility index (Phi) is 5.36. The Morgan fingerprint density at radius 3 is 2.74 bits per heavy atom. The number of ketones is 1. The first-order valence-electron chi connectivity index (χ1n) is 9.64. The number of aromatic hydroxyl groups is 1. The van der Waals surface area contributed by atoms with Crippen LogP contribution >= 0.6 is 11.3 Å². The van der Waals surface area contributed by atoms with Gasteiger partial charge in [0.2, 0.25) is 0 Å². The molecule has 2 N–H and O–H groups in total. The number of hydrogen-bond acceptors (Lipinski definition) is 8. The van der Waals surface area contributed by atoms with Gasteiger partial charge in [-0.25, -0.2) is 4.79 Å². The molecule has 1 aliphatic heterocycles. The van der Waals surface area contributed by atoms with E-state index in [0.29, 0.717) is 29.0 Å². The smallest absolute Gasteiger partial charge is 0.336 e. The average Bonchev–Trinajstić information content (AvgIpc) is 3.27. The second-order valence-corrected chi connectivity index (χ2v) is 8.51. The van der Waals surface area contributed by atoms with Gasteiger partial charge in [0.15, 0.2) is 11.5 Å². The minimum absolute atomic E-state index is 0.0287. The number of thiophene rings is 1. The lowest BCUT2D eigenvalue weighted by Gasteiger charge is -2.36. The van der Waals surface area contributed by atoms with Crippen LogP contribution in [0.25, 0.3) is 0 Å². The summed E-state index contributed by atoms with van der Waals surface area (Å²) < 4.78 is 4.96. The Morgan fingerprint density at radius 1 is 1.32 bits per heavy atom. The van der Waals surface area contributed by atoms with Crippen molar-refractivity contribution in [3.05, 3.63) is 78.8 Å². The summed E-state index contributed by atoms with van der Waals surface area (Å²) >= 11 is 1.59. The summed E-state index contributed by atoms with van der Waals surface area (Å²) in [6.45, 7) is 1.72. The highest BCUT2D eigenvalue weighted by Gasteiger charge is 2.42. The summed E-state index contributed by atoms with van der Waals surface area (Å²) in [5.74, 6) is -2.02. The van der Waals surface area contributed by atoms with Gasteiger partial charge in [0.1, 0.15) is 0 Å². The summed E-state index contributed by atoms with van der Waals surface area (Å²) in [6.07, 6.45) is 0.870. The molecule has 2 heterocycles. The summed E-state index contributed by atoms with van der Waals surface area (Å²) in [7, 11) is 1.25. The number of phenols is 1. The third-order valence-electron chi connectivity index (χ3n) is 5.71. The van der Waals surface area contributed by atoms with E-state index in [1.807, 2.05) is 17.5 Å². The van der Waals surface area contributed by atoms with Gasteiger partial charge in [-0.2, -0.15) is 0 Å². The van der Waals surface area contributed by atoms with Gasteiger partial charge in [-0.15, -0.1) is 11.3 Å². The van der Waals surface area contributed by atoms with Crippen molar-refractivity contribution in [2.45, 2.75) is 31.6 Å². The number of benzene rings is 1. The minimum Gasteiger partial charge on any atom is -0.502 e. The quantitative estimate of drug-likeness (QED) is 0.420. The van der Waals surface area contributed by atoms with Crippen molar-refractivity contribution < 1.29 is 24.4 Å². The molecule has 0 saturated heterocycles. The van der Waals surface area contributed by atoms with Crippen molar-refractivity contribution in [3.8, 4) is 5.75 Å². The summed E-state index contributed by atoms with van der Waals surface area (Å²) in [4.78, 5) is 37.7. The number of ether oxygens (including phenoxy) is 1. The topological polar surface area (TPSA) is 119 Å². The van der Waals surface area contributed by atoms with Crippen LogP contribution in [0.15, 0.2) is 58.3 Å². The number of hydrogen-bond donors (Lipinski definition) is 2. The van der Waals surface area contributed by atoms with Gasteiger partial charge in [0.25, 0.3) is 0 Å². The number of nitro benzene ring substituents is 1. The first-order valence-corrected chi connectivity index (χ1v) is 10.5. The molecular formula is C22H20N2O6S. The molecule has 0 bridgehead atoms. The minimum atomic E-state index is -0.820. The predicted molar refractivity (Wildman–Crippen MR) is 114 cm³/mol. The van der Waals surface area contributed by atoms with Crippen LogP contribution in [0, 0.1) is 10.1 Å². The predicted octanol–water partition coefficient (Wildman–Crippen LogP) is 3.90. The Bertz CT molecular complexity index is 1150. The van der Waals surface area contributed by atoms with Crippen molar-refractivity contribution in [1.82, 2.24) is 5.32 Å². The van der Waals surface area contributed by atoms with Crippen molar-refractivity contribution in [2.75, 3.05) is 7.11 Å². The highest BCUT2D eigenvalue weighted by atomic mass is 32.1. The zero-order chi connectivity index (χ0) is 22.3. The lowest BCUT2D eigenvalue weighted by Crippen LogP contribution is -2.35. The molecule has 1 aromatic carbocycles. The molecule has 4 rings (SSSR count).